The van der Waals surface area contributed by atoms with Crippen molar-refractivity contribution in [1.29, 1.82) is 0 Å². The fraction of sp³-hybridized carbons (Fsp3) is 0.167. The highest BCUT2D eigenvalue weighted by molar-refractivity contribution is 5.94. The molecule has 2 heterocycles. The number of carbonyl (C=O) groups is 1. The van der Waals surface area contributed by atoms with Gasteiger partial charge < -0.3 is 10.3 Å². The first-order valence-electron chi connectivity index (χ1n) is 7.36. The zero-order valence-electron chi connectivity index (χ0n) is 13.0. The van der Waals surface area contributed by atoms with Gasteiger partial charge >= 0.3 is 0 Å². The molecule has 2 N–H and O–H groups in total. The van der Waals surface area contributed by atoms with Crippen LogP contribution in [0, 0.1) is 13.8 Å². The van der Waals surface area contributed by atoms with Crippen molar-refractivity contribution in [1.82, 2.24) is 15.3 Å². The van der Waals surface area contributed by atoms with Gasteiger partial charge in [0.15, 0.2) is 0 Å². The van der Waals surface area contributed by atoms with Crippen molar-refractivity contribution in [3.63, 3.8) is 0 Å². The molecule has 1 amide bonds. The second kappa shape index (κ2) is 6.04. The average molecular weight is 307 g/mol. The molecule has 0 aliphatic heterocycles. The molecule has 2 aromatic heterocycles. The number of aryl methyl sites for hydroxylation is 2. The summed E-state index contributed by atoms with van der Waals surface area (Å²) in [5, 5.41) is 3.75. The van der Waals surface area contributed by atoms with Crippen molar-refractivity contribution < 1.29 is 4.79 Å². The molecule has 3 rings (SSSR count). The summed E-state index contributed by atoms with van der Waals surface area (Å²) >= 11 is 0. The number of nitrogens with zero attached hydrogens (tertiary/aromatic N) is 1. The van der Waals surface area contributed by atoms with Crippen molar-refractivity contribution in [2.75, 3.05) is 0 Å². The van der Waals surface area contributed by atoms with E-state index in [1.165, 1.54) is 0 Å². The van der Waals surface area contributed by atoms with E-state index in [1.807, 2.05) is 26.0 Å². The molecular weight excluding hydrogens is 290 g/mol. The lowest BCUT2D eigenvalue weighted by atomic mass is 10.0. The van der Waals surface area contributed by atoms with E-state index in [0.29, 0.717) is 11.1 Å². The lowest BCUT2D eigenvalue weighted by Crippen LogP contribution is -2.26. The first-order valence-corrected chi connectivity index (χ1v) is 7.36. The molecule has 0 fully saturated rings. The number of H-pyrrole nitrogens is 1. The molecule has 0 radical (unpaired) electrons. The quantitative estimate of drug-likeness (QED) is 0.780. The lowest BCUT2D eigenvalue weighted by Gasteiger charge is -2.08. The average Bonchev–Trinajstić information content (AvgIpc) is 2.53. The highest BCUT2D eigenvalue weighted by atomic mass is 16.1. The Balaban J connectivity index is 1.87. The zero-order chi connectivity index (χ0) is 16.4. The summed E-state index contributed by atoms with van der Waals surface area (Å²) in [7, 11) is 0. The number of fused-ring (bicyclic) bond motifs is 1. The molecule has 0 saturated carbocycles. The van der Waals surface area contributed by atoms with Gasteiger partial charge in [0, 0.05) is 41.0 Å². The van der Waals surface area contributed by atoms with Crippen molar-refractivity contribution in [2.24, 2.45) is 0 Å². The number of amides is 1. The highest BCUT2D eigenvalue weighted by Crippen LogP contribution is 2.18. The predicted molar refractivity (Wildman–Crippen MR) is 89.4 cm³/mol. The van der Waals surface area contributed by atoms with Gasteiger partial charge in [0.1, 0.15) is 0 Å². The summed E-state index contributed by atoms with van der Waals surface area (Å²) in [6, 6.07) is 9.12. The lowest BCUT2D eigenvalue weighted by molar-refractivity contribution is 0.0950. The van der Waals surface area contributed by atoms with Gasteiger partial charge in [-0.15, -0.1) is 0 Å². The molecule has 116 valence electrons. The third kappa shape index (κ3) is 3.13. The third-order valence-electron chi connectivity index (χ3n) is 3.77. The topological polar surface area (TPSA) is 74.8 Å². The largest absolute Gasteiger partial charge is 0.348 e. The number of aromatic amines is 1. The molecular formula is C18H17N3O2. The first-order chi connectivity index (χ1) is 11.0. The standard InChI is InChI=1S/C18H17N3O2/c1-11-7-12(2)15-9-14(18(23)21-16(15)8-11)10-20-17(22)13-3-5-19-6-4-13/h3-9H,10H2,1-2H3,(H,20,22)(H,21,23). The molecule has 0 spiro atoms. The number of carbonyl (C=O) groups excluding carboxylic acids is 1. The normalized spacial score (nSPS) is 10.7. The van der Waals surface area contributed by atoms with Crippen LogP contribution >= 0.6 is 0 Å². The maximum absolute atomic E-state index is 12.2. The van der Waals surface area contributed by atoms with Crippen LogP contribution in [-0.4, -0.2) is 15.9 Å². The van der Waals surface area contributed by atoms with Crippen LogP contribution in [0.2, 0.25) is 0 Å². The minimum atomic E-state index is -0.229. The fourth-order valence-electron chi connectivity index (χ4n) is 2.63. The number of pyridine rings is 2. The predicted octanol–water partition coefficient (Wildman–Crippen LogP) is 2.47. The van der Waals surface area contributed by atoms with E-state index in [2.05, 4.69) is 21.4 Å². The summed E-state index contributed by atoms with van der Waals surface area (Å²) in [5.41, 5.74) is 3.88. The van der Waals surface area contributed by atoms with E-state index in [0.717, 1.165) is 22.0 Å². The van der Waals surface area contributed by atoms with Crippen LogP contribution in [0.4, 0.5) is 0 Å². The molecule has 1 aromatic carbocycles. The highest BCUT2D eigenvalue weighted by Gasteiger charge is 2.09. The smallest absolute Gasteiger partial charge is 0.253 e. The van der Waals surface area contributed by atoms with Gasteiger partial charge in [-0.3, -0.25) is 14.6 Å². The number of hydrogen-bond donors (Lipinski definition) is 2. The molecule has 5 heteroatoms. The van der Waals surface area contributed by atoms with Crippen LogP contribution in [0.15, 0.2) is 47.5 Å². The van der Waals surface area contributed by atoms with Crippen LogP contribution in [0.1, 0.15) is 27.0 Å². The Morgan fingerprint density at radius 1 is 1.17 bits per heavy atom. The molecule has 0 aliphatic rings. The van der Waals surface area contributed by atoms with E-state index in [1.54, 1.807) is 24.5 Å². The van der Waals surface area contributed by atoms with E-state index >= 15 is 0 Å². The Labute approximate surface area is 133 Å². The molecule has 5 nitrogen and oxygen atoms in total. The van der Waals surface area contributed by atoms with Gasteiger partial charge in [0.25, 0.3) is 11.5 Å². The third-order valence-corrected chi connectivity index (χ3v) is 3.77. The maximum atomic E-state index is 12.2. The zero-order valence-corrected chi connectivity index (χ0v) is 13.0. The van der Waals surface area contributed by atoms with Gasteiger partial charge in [0.05, 0.1) is 0 Å². The minimum absolute atomic E-state index is 0.180. The fourth-order valence-corrected chi connectivity index (χ4v) is 2.63. The molecule has 0 bridgehead atoms. The molecule has 0 atom stereocenters. The number of hydrogen-bond acceptors (Lipinski definition) is 3. The number of benzene rings is 1. The second-order valence-corrected chi connectivity index (χ2v) is 5.59. The SMILES string of the molecule is Cc1cc(C)c2cc(CNC(=O)c3ccncc3)c(=O)[nH]c2c1. The van der Waals surface area contributed by atoms with E-state index in [4.69, 9.17) is 0 Å². The van der Waals surface area contributed by atoms with Gasteiger partial charge in [-0.25, -0.2) is 0 Å². The van der Waals surface area contributed by atoms with Gasteiger partial charge in [-0.05, 0) is 49.2 Å². The summed E-state index contributed by atoms with van der Waals surface area (Å²) in [5.74, 6) is -0.229. The van der Waals surface area contributed by atoms with Gasteiger partial charge in [-0.1, -0.05) is 6.07 Å². The van der Waals surface area contributed by atoms with Crippen molar-refractivity contribution in [3.8, 4) is 0 Å². The Morgan fingerprint density at radius 2 is 1.91 bits per heavy atom. The molecule has 0 unspecified atom stereocenters. The number of nitrogens with one attached hydrogen (secondary N) is 2. The summed E-state index contributed by atoms with van der Waals surface area (Å²) in [6.07, 6.45) is 3.12. The first kappa shape index (κ1) is 15.0. The minimum Gasteiger partial charge on any atom is -0.348 e. The maximum Gasteiger partial charge on any atom is 0.253 e. The van der Waals surface area contributed by atoms with Crippen LogP contribution in [-0.2, 0) is 6.54 Å². The van der Waals surface area contributed by atoms with Crippen LogP contribution in [0.25, 0.3) is 10.9 Å². The summed E-state index contributed by atoms with van der Waals surface area (Å²) < 4.78 is 0. The van der Waals surface area contributed by atoms with Crippen LogP contribution < -0.4 is 10.9 Å². The van der Waals surface area contributed by atoms with Crippen LogP contribution in [0.5, 0.6) is 0 Å². The number of aromatic nitrogens is 2. The number of rotatable bonds is 3. The van der Waals surface area contributed by atoms with Crippen molar-refractivity contribution >= 4 is 16.8 Å². The van der Waals surface area contributed by atoms with E-state index in [9.17, 15) is 9.59 Å². The monoisotopic (exact) mass is 307 g/mol. The van der Waals surface area contributed by atoms with E-state index in [-0.39, 0.29) is 18.0 Å². The Hall–Kier alpha value is -2.95. The summed E-state index contributed by atoms with van der Waals surface area (Å²) in [6.45, 7) is 4.18. The molecule has 0 saturated heterocycles. The Kier molecular flexibility index (Phi) is 3.93. The second-order valence-electron chi connectivity index (χ2n) is 5.59. The van der Waals surface area contributed by atoms with Crippen molar-refractivity contribution in [2.45, 2.75) is 20.4 Å². The molecule has 3 aromatic rings. The van der Waals surface area contributed by atoms with E-state index < -0.39 is 0 Å². The molecule has 0 aliphatic carbocycles. The molecule has 23 heavy (non-hydrogen) atoms. The van der Waals surface area contributed by atoms with Crippen molar-refractivity contribution in [3.05, 3.63) is 75.3 Å². The van der Waals surface area contributed by atoms with Gasteiger partial charge in [0.2, 0.25) is 0 Å². The summed E-state index contributed by atoms with van der Waals surface area (Å²) in [4.78, 5) is 31.0. The Bertz CT molecular complexity index is 930. The van der Waals surface area contributed by atoms with Gasteiger partial charge in [-0.2, -0.15) is 0 Å². The van der Waals surface area contributed by atoms with Crippen LogP contribution in [0.3, 0.4) is 0 Å². The Morgan fingerprint density at radius 3 is 2.65 bits per heavy atom.